The zero-order chi connectivity index (χ0) is 18.0. The Morgan fingerprint density at radius 3 is 2.35 bits per heavy atom. The Labute approximate surface area is 148 Å². The number of aromatic nitrogens is 2. The van der Waals surface area contributed by atoms with E-state index in [-0.39, 0.29) is 17.5 Å². The fraction of sp³-hybridized carbons (Fsp3) is 0.211. The van der Waals surface area contributed by atoms with Crippen LogP contribution in [0.5, 0.6) is 0 Å². The first-order valence-corrected chi connectivity index (χ1v) is 8.42. The molecule has 0 unspecified atom stereocenters. The maximum absolute atomic E-state index is 12.8. The van der Waals surface area contributed by atoms with Crippen LogP contribution in [-0.2, 0) is 13.0 Å². The number of hydrogen-bond donors (Lipinski definition) is 0. The van der Waals surface area contributed by atoms with E-state index in [0.29, 0.717) is 28.9 Å². The largest absolute Gasteiger partial charge is 0.412 e. The highest BCUT2D eigenvalue weighted by molar-refractivity contribution is 6.34. The van der Waals surface area contributed by atoms with Crippen LogP contribution in [0.2, 0.25) is 0 Å². The van der Waals surface area contributed by atoms with Gasteiger partial charge in [-0.3, -0.25) is 14.2 Å². The molecule has 0 atom stereocenters. The van der Waals surface area contributed by atoms with E-state index in [1.807, 2.05) is 6.07 Å². The maximum Gasteiger partial charge on any atom is 0.362 e. The molecule has 7 heteroatoms. The number of amides is 2. The van der Waals surface area contributed by atoms with Crippen LogP contribution in [0, 0.1) is 0 Å². The summed E-state index contributed by atoms with van der Waals surface area (Å²) in [5, 5.41) is 0. The van der Waals surface area contributed by atoms with E-state index in [4.69, 9.17) is 4.84 Å². The smallest absolute Gasteiger partial charge is 0.362 e. The number of carbonyl (C=O) groups is 2. The second kappa shape index (κ2) is 5.08. The summed E-state index contributed by atoms with van der Waals surface area (Å²) in [6.07, 6.45) is 1.60. The summed E-state index contributed by atoms with van der Waals surface area (Å²) in [5.74, 6) is -0.697. The van der Waals surface area contributed by atoms with Crippen LogP contribution in [0.1, 0.15) is 32.7 Å². The highest BCUT2D eigenvalue weighted by Crippen LogP contribution is 2.33. The van der Waals surface area contributed by atoms with Crippen molar-refractivity contribution in [3.05, 3.63) is 63.6 Å². The van der Waals surface area contributed by atoms with Gasteiger partial charge in [-0.1, -0.05) is 12.1 Å². The quantitative estimate of drug-likeness (QED) is 0.659. The van der Waals surface area contributed by atoms with Crippen molar-refractivity contribution in [2.24, 2.45) is 0 Å². The molecule has 0 fully saturated rings. The molecule has 0 bridgehead atoms. The monoisotopic (exact) mass is 349 g/mol. The predicted octanol–water partition coefficient (Wildman–Crippen LogP) is 1.61. The average molecular weight is 349 g/mol. The summed E-state index contributed by atoms with van der Waals surface area (Å²) in [5.41, 5.74) is 3.32. The number of rotatable bonds is 2. The highest BCUT2D eigenvalue weighted by Gasteiger charge is 2.37. The molecule has 0 saturated heterocycles. The molecule has 130 valence electrons. The minimum Gasteiger partial charge on any atom is -0.412 e. The molecule has 3 heterocycles. The van der Waals surface area contributed by atoms with Gasteiger partial charge in [0, 0.05) is 6.54 Å². The lowest BCUT2D eigenvalue weighted by Gasteiger charge is -2.19. The number of hydrogen-bond acceptors (Lipinski definition) is 4. The number of imidazole rings is 1. The molecule has 0 spiro atoms. The van der Waals surface area contributed by atoms with Gasteiger partial charge in [0.15, 0.2) is 0 Å². The Hall–Kier alpha value is -3.35. The molecule has 1 aromatic heterocycles. The molecule has 0 saturated carbocycles. The van der Waals surface area contributed by atoms with Gasteiger partial charge in [0.25, 0.3) is 11.8 Å². The van der Waals surface area contributed by atoms with E-state index in [1.54, 1.807) is 34.9 Å². The second-order valence-corrected chi connectivity index (χ2v) is 6.48. The van der Waals surface area contributed by atoms with Crippen molar-refractivity contribution in [1.29, 1.82) is 0 Å². The standard InChI is InChI=1S/C19H15N3O4/c1-26-22-15-10-12(9-11-5-4-8-20(16(11)15)19(22)25)21-17(23)13-6-2-3-7-14(13)18(21)24/h2-3,6-7,9-10H,4-5,8H2,1H3. The molecule has 2 aliphatic heterocycles. The van der Waals surface area contributed by atoms with Crippen molar-refractivity contribution in [2.75, 3.05) is 12.0 Å². The van der Waals surface area contributed by atoms with E-state index >= 15 is 0 Å². The summed E-state index contributed by atoms with van der Waals surface area (Å²) in [4.78, 5) is 44.5. The molecule has 3 aromatic rings. The van der Waals surface area contributed by atoms with Gasteiger partial charge in [-0.2, -0.15) is 0 Å². The number of benzene rings is 2. The second-order valence-electron chi connectivity index (χ2n) is 6.48. The normalized spacial score (nSPS) is 15.7. The summed E-state index contributed by atoms with van der Waals surface area (Å²) >= 11 is 0. The maximum atomic E-state index is 12.8. The summed E-state index contributed by atoms with van der Waals surface area (Å²) < 4.78 is 2.90. The number of anilines is 1. The van der Waals surface area contributed by atoms with Crippen LogP contribution < -0.4 is 15.4 Å². The highest BCUT2D eigenvalue weighted by atomic mass is 16.7. The molecular formula is C19H15N3O4. The van der Waals surface area contributed by atoms with Gasteiger partial charge in [-0.15, -0.1) is 4.73 Å². The number of nitrogens with zero attached hydrogens (tertiary/aromatic N) is 3. The van der Waals surface area contributed by atoms with Gasteiger partial charge >= 0.3 is 5.69 Å². The Morgan fingerprint density at radius 1 is 1.00 bits per heavy atom. The van der Waals surface area contributed by atoms with Crippen molar-refractivity contribution in [3.8, 4) is 0 Å². The molecule has 2 aliphatic rings. The van der Waals surface area contributed by atoms with Gasteiger partial charge in [0.1, 0.15) is 12.6 Å². The Morgan fingerprint density at radius 2 is 1.69 bits per heavy atom. The third kappa shape index (κ3) is 1.74. The molecule has 26 heavy (non-hydrogen) atoms. The lowest BCUT2D eigenvalue weighted by Crippen LogP contribution is -2.29. The van der Waals surface area contributed by atoms with E-state index < -0.39 is 0 Å². The minimum atomic E-state index is -0.348. The summed E-state index contributed by atoms with van der Waals surface area (Å²) in [6, 6.07) is 10.3. The average Bonchev–Trinajstić information content (AvgIpc) is 3.08. The molecular weight excluding hydrogens is 334 g/mol. The fourth-order valence-electron chi connectivity index (χ4n) is 3.99. The number of aryl methyl sites for hydroxylation is 2. The minimum absolute atomic E-state index is 0.247. The van der Waals surface area contributed by atoms with Crippen molar-refractivity contribution in [3.63, 3.8) is 0 Å². The summed E-state index contributed by atoms with van der Waals surface area (Å²) in [6.45, 7) is 0.630. The number of imide groups is 1. The van der Waals surface area contributed by atoms with Crippen molar-refractivity contribution < 1.29 is 14.4 Å². The van der Waals surface area contributed by atoms with Crippen molar-refractivity contribution >= 4 is 28.5 Å². The first-order valence-electron chi connectivity index (χ1n) is 8.42. The summed E-state index contributed by atoms with van der Waals surface area (Å²) in [7, 11) is 1.43. The number of carbonyl (C=O) groups excluding carboxylic acids is 2. The lowest BCUT2D eigenvalue weighted by molar-refractivity contribution is 0.0926. The fourth-order valence-corrected chi connectivity index (χ4v) is 3.99. The molecule has 2 aromatic carbocycles. The van der Waals surface area contributed by atoms with E-state index in [2.05, 4.69) is 0 Å². The van der Waals surface area contributed by atoms with Crippen LogP contribution in [0.4, 0.5) is 5.69 Å². The Balaban J connectivity index is 1.76. The van der Waals surface area contributed by atoms with E-state index in [9.17, 15) is 14.4 Å². The van der Waals surface area contributed by atoms with Gasteiger partial charge in [0.05, 0.1) is 22.3 Å². The molecule has 7 nitrogen and oxygen atoms in total. The zero-order valence-corrected chi connectivity index (χ0v) is 14.1. The topological polar surface area (TPSA) is 73.5 Å². The molecule has 0 radical (unpaired) electrons. The third-order valence-corrected chi connectivity index (χ3v) is 5.11. The van der Waals surface area contributed by atoms with E-state index in [1.165, 1.54) is 16.7 Å². The van der Waals surface area contributed by atoms with Gasteiger partial charge < -0.3 is 4.84 Å². The first-order chi connectivity index (χ1) is 12.6. The van der Waals surface area contributed by atoms with Gasteiger partial charge in [-0.25, -0.2) is 9.69 Å². The number of fused-ring (bicyclic) bond motifs is 1. The van der Waals surface area contributed by atoms with Crippen LogP contribution in [-0.4, -0.2) is 28.2 Å². The van der Waals surface area contributed by atoms with Crippen LogP contribution in [0.3, 0.4) is 0 Å². The van der Waals surface area contributed by atoms with E-state index in [0.717, 1.165) is 23.9 Å². The van der Waals surface area contributed by atoms with Crippen LogP contribution in [0.15, 0.2) is 41.2 Å². The molecule has 5 rings (SSSR count). The van der Waals surface area contributed by atoms with Crippen LogP contribution in [0.25, 0.3) is 11.0 Å². The molecule has 0 N–H and O–H groups in total. The predicted molar refractivity (Wildman–Crippen MR) is 94.6 cm³/mol. The molecule has 2 amide bonds. The van der Waals surface area contributed by atoms with Crippen molar-refractivity contribution in [1.82, 2.24) is 9.30 Å². The Kier molecular flexibility index (Phi) is 2.92. The zero-order valence-electron chi connectivity index (χ0n) is 14.1. The van der Waals surface area contributed by atoms with Crippen molar-refractivity contribution in [2.45, 2.75) is 19.4 Å². The van der Waals surface area contributed by atoms with Gasteiger partial charge in [-0.05, 0) is 42.7 Å². The first kappa shape index (κ1) is 14.9. The molecule has 0 aliphatic carbocycles. The lowest BCUT2D eigenvalue weighted by atomic mass is 10.0. The Bertz CT molecular complexity index is 1140. The van der Waals surface area contributed by atoms with Gasteiger partial charge in [0.2, 0.25) is 0 Å². The third-order valence-electron chi connectivity index (χ3n) is 5.11. The SMILES string of the molecule is COn1c(=O)n2c3c(cc(N4C(=O)c5ccccc5C4=O)cc31)CCC2. The van der Waals surface area contributed by atoms with Crippen LogP contribution >= 0.6 is 0 Å².